The summed E-state index contributed by atoms with van der Waals surface area (Å²) in [4.78, 5) is 14.4. The van der Waals surface area contributed by atoms with E-state index < -0.39 is 0 Å². The fourth-order valence-electron chi connectivity index (χ4n) is 2.71. The molecule has 5 heteroatoms. The molecule has 23 heavy (non-hydrogen) atoms. The Kier molecular flexibility index (Phi) is 4.55. The summed E-state index contributed by atoms with van der Waals surface area (Å²) in [7, 11) is 0. The third kappa shape index (κ3) is 3.50. The van der Waals surface area contributed by atoms with E-state index in [0.717, 1.165) is 19.4 Å². The van der Waals surface area contributed by atoms with E-state index in [1.807, 2.05) is 23.1 Å². The number of nitrogens with one attached hydrogen (secondary N) is 1. The second kappa shape index (κ2) is 6.77. The molecule has 2 heterocycles. The highest BCUT2D eigenvalue weighted by atomic mass is 16.2. The number of fused-ring (bicyclic) bond motifs is 1. The van der Waals surface area contributed by atoms with Gasteiger partial charge < -0.3 is 10.2 Å². The van der Waals surface area contributed by atoms with Crippen molar-refractivity contribution in [3.8, 4) is 0 Å². The van der Waals surface area contributed by atoms with Crippen LogP contribution in [0.4, 0.5) is 5.82 Å². The number of rotatable bonds is 4. The van der Waals surface area contributed by atoms with Gasteiger partial charge in [0.05, 0.1) is 0 Å². The van der Waals surface area contributed by atoms with Crippen LogP contribution in [0.3, 0.4) is 0 Å². The van der Waals surface area contributed by atoms with Gasteiger partial charge in [0, 0.05) is 19.1 Å². The SMILES string of the molecule is CCC(C)Nc1ccc(C(=O)N2CCc3ccccc3C2)nn1. The van der Waals surface area contributed by atoms with Gasteiger partial charge in [-0.1, -0.05) is 31.2 Å². The molecular weight excluding hydrogens is 288 g/mol. The van der Waals surface area contributed by atoms with Gasteiger partial charge in [-0.05, 0) is 43.0 Å². The summed E-state index contributed by atoms with van der Waals surface area (Å²) in [6.45, 7) is 5.57. The summed E-state index contributed by atoms with van der Waals surface area (Å²) in [5, 5.41) is 11.5. The third-order valence-corrected chi connectivity index (χ3v) is 4.31. The summed E-state index contributed by atoms with van der Waals surface area (Å²) in [5.41, 5.74) is 2.95. The molecule has 1 aromatic heterocycles. The van der Waals surface area contributed by atoms with E-state index in [4.69, 9.17) is 0 Å². The molecule has 5 nitrogen and oxygen atoms in total. The van der Waals surface area contributed by atoms with Crippen molar-refractivity contribution < 1.29 is 4.79 Å². The molecule has 0 aliphatic carbocycles. The Morgan fingerprint density at radius 1 is 1.22 bits per heavy atom. The minimum Gasteiger partial charge on any atom is -0.366 e. The molecule has 0 spiro atoms. The Labute approximate surface area is 136 Å². The minimum atomic E-state index is -0.0536. The predicted molar refractivity (Wildman–Crippen MR) is 90.3 cm³/mol. The van der Waals surface area contributed by atoms with E-state index in [1.54, 1.807) is 6.07 Å². The molecule has 1 atom stereocenters. The number of carbonyl (C=O) groups excluding carboxylic acids is 1. The second-order valence-electron chi connectivity index (χ2n) is 6.00. The van der Waals surface area contributed by atoms with Crippen molar-refractivity contribution in [2.75, 3.05) is 11.9 Å². The zero-order chi connectivity index (χ0) is 16.2. The fourth-order valence-corrected chi connectivity index (χ4v) is 2.71. The Morgan fingerprint density at radius 2 is 2.00 bits per heavy atom. The number of hydrogen-bond donors (Lipinski definition) is 1. The molecular formula is C18H22N4O. The van der Waals surface area contributed by atoms with Crippen LogP contribution in [0, 0.1) is 0 Å². The lowest BCUT2D eigenvalue weighted by atomic mass is 10.00. The van der Waals surface area contributed by atoms with Crippen molar-refractivity contribution in [1.82, 2.24) is 15.1 Å². The Balaban J connectivity index is 1.69. The highest BCUT2D eigenvalue weighted by molar-refractivity contribution is 5.92. The first-order chi connectivity index (χ1) is 11.2. The van der Waals surface area contributed by atoms with Crippen LogP contribution >= 0.6 is 0 Å². The highest BCUT2D eigenvalue weighted by Gasteiger charge is 2.22. The van der Waals surface area contributed by atoms with Gasteiger partial charge in [0.15, 0.2) is 5.69 Å². The highest BCUT2D eigenvalue weighted by Crippen LogP contribution is 2.20. The largest absolute Gasteiger partial charge is 0.366 e. The molecule has 0 radical (unpaired) electrons. The molecule has 0 saturated carbocycles. The molecule has 2 aromatic rings. The zero-order valence-corrected chi connectivity index (χ0v) is 13.6. The van der Waals surface area contributed by atoms with Gasteiger partial charge in [-0.2, -0.15) is 0 Å². The summed E-state index contributed by atoms with van der Waals surface area (Å²) in [5.74, 6) is 0.655. The van der Waals surface area contributed by atoms with E-state index in [1.165, 1.54) is 11.1 Å². The van der Waals surface area contributed by atoms with Crippen LogP contribution in [0.1, 0.15) is 41.9 Å². The molecule has 1 aliphatic heterocycles. The van der Waals surface area contributed by atoms with E-state index >= 15 is 0 Å². The van der Waals surface area contributed by atoms with Gasteiger partial charge in [-0.3, -0.25) is 4.79 Å². The van der Waals surface area contributed by atoms with E-state index in [0.29, 0.717) is 24.1 Å². The van der Waals surface area contributed by atoms with Gasteiger partial charge in [0.2, 0.25) is 0 Å². The second-order valence-corrected chi connectivity index (χ2v) is 6.00. The van der Waals surface area contributed by atoms with Gasteiger partial charge in [0.1, 0.15) is 5.82 Å². The van der Waals surface area contributed by atoms with Crippen molar-refractivity contribution >= 4 is 11.7 Å². The number of aromatic nitrogens is 2. The van der Waals surface area contributed by atoms with E-state index in [-0.39, 0.29) is 5.91 Å². The number of amides is 1. The molecule has 1 aromatic carbocycles. The number of benzene rings is 1. The molecule has 3 rings (SSSR count). The summed E-state index contributed by atoms with van der Waals surface area (Å²) >= 11 is 0. The quantitative estimate of drug-likeness (QED) is 0.943. The van der Waals surface area contributed by atoms with Crippen LogP contribution in [0.5, 0.6) is 0 Å². The first kappa shape index (κ1) is 15.5. The van der Waals surface area contributed by atoms with E-state index in [9.17, 15) is 4.79 Å². The predicted octanol–water partition coefficient (Wildman–Crippen LogP) is 2.89. The zero-order valence-electron chi connectivity index (χ0n) is 13.6. The van der Waals surface area contributed by atoms with Crippen molar-refractivity contribution in [3.63, 3.8) is 0 Å². The maximum atomic E-state index is 12.6. The summed E-state index contributed by atoms with van der Waals surface area (Å²) in [6.07, 6.45) is 1.90. The average Bonchev–Trinajstić information content (AvgIpc) is 2.61. The molecule has 0 fully saturated rings. The number of nitrogens with zero attached hydrogens (tertiary/aromatic N) is 3. The van der Waals surface area contributed by atoms with Crippen molar-refractivity contribution in [3.05, 3.63) is 53.2 Å². The van der Waals surface area contributed by atoms with Crippen molar-refractivity contribution in [2.24, 2.45) is 0 Å². The summed E-state index contributed by atoms with van der Waals surface area (Å²) < 4.78 is 0. The molecule has 0 saturated heterocycles. The van der Waals surface area contributed by atoms with Gasteiger partial charge in [0.25, 0.3) is 5.91 Å². The lowest BCUT2D eigenvalue weighted by molar-refractivity contribution is 0.0727. The Bertz CT molecular complexity index is 684. The van der Waals surface area contributed by atoms with Crippen molar-refractivity contribution in [2.45, 2.75) is 39.3 Å². The number of anilines is 1. The van der Waals surface area contributed by atoms with Crippen LogP contribution in [0.25, 0.3) is 0 Å². The Morgan fingerprint density at radius 3 is 2.70 bits per heavy atom. The maximum Gasteiger partial charge on any atom is 0.274 e. The molecule has 0 bridgehead atoms. The normalized spacial score (nSPS) is 15.0. The lowest BCUT2D eigenvalue weighted by Crippen LogP contribution is -2.36. The first-order valence-corrected chi connectivity index (χ1v) is 8.13. The average molecular weight is 310 g/mol. The van der Waals surface area contributed by atoms with Crippen LogP contribution in [0.2, 0.25) is 0 Å². The molecule has 1 N–H and O–H groups in total. The van der Waals surface area contributed by atoms with Gasteiger partial charge >= 0.3 is 0 Å². The topological polar surface area (TPSA) is 58.1 Å². The molecule has 120 valence electrons. The van der Waals surface area contributed by atoms with Gasteiger partial charge in [-0.15, -0.1) is 10.2 Å². The van der Waals surface area contributed by atoms with E-state index in [2.05, 4.69) is 41.5 Å². The summed E-state index contributed by atoms with van der Waals surface area (Å²) in [6, 6.07) is 12.2. The fraction of sp³-hybridized carbons (Fsp3) is 0.389. The smallest absolute Gasteiger partial charge is 0.274 e. The van der Waals surface area contributed by atoms with Crippen LogP contribution in [-0.4, -0.2) is 33.6 Å². The van der Waals surface area contributed by atoms with Crippen LogP contribution in [0.15, 0.2) is 36.4 Å². The minimum absolute atomic E-state index is 0.0536. The van der Waals surface area contributed by atoms with Crippen molar-refractivity contribution in [1.29, 1.82) is 0 Å². The third-order valence-electron chi connectivity index (χ3n) is 4.31. The molecule has 1 unspecified atom stereocenters. The first-order valence-electron chi connectivity index (χ1n) is 8.13. The van der Waals surface area contributed by atoms with Gasteiger partial charge in [-0.25, -0.2) is 0 Å². The number of carbonyl (C=O) groups is 1. The molecule has 1 aliphatic rings. The Hall–Kier alpha value is -2.43. The maximum absolute atomic E-state index is 12.6. The standard InChI is InChI=1S/C18H22N4O/c1-3-13(2)19-17-9-8-16(20-21-17)18(23)22-11-10-14-6-4-5-7-15(14)12-22/h4-9,13H,3,10-12H2,1-2H3,(H,19,21). The number of hydrogen-bond acceptors (Lipinski definition) is 4. The molecule has 1 amide bonds. The van der Waals surface area contributed by atoms with Crippen LogP contribution in [-0.2, 0) is 13.0 Å². The lowest BCUT2D eigenvalue weighted by Gasteiger charge is -2.28. The van der Waals surface area contributed by atoms with Crippen LogP contribution < -0.4 is 5.32 Å². The monoisotopic (exact) mass is 310 g/mol.